The van der Waals surface area contributed by atoms with Crippen LogP contribution in [0.1, 0.15) is 94.2 Å². The van der Waals surface area contributed by atoms with E-state index in [1.54, 1.807) is 0 Å². The van der Waals surface area contributed by atoms with Gasteiger partial charge in [-0.25, -0.2) is 0 Å². The van der Waals surface area contributed by atoms with Gasteiger partial charge in [0.15, 0.2) is 23.0 Å². The lowest BCUT2D eigenvalue weighted by molar-refractivity contribution is 0.221. The third-order valence-corrected chi connectivity index (χ3v) is 7.04. The molecule has 0 aliphatic heterocycles. The monoisotopic (exact) mass is 688 g/mol. The summed E-state index contributed by atoms with van der Waals surface area (Å²) in [5, 5.41) is 0. The van der Waals surface area contributed by atoms with Crippen LogP contribution in [0, 0.1) is 0 Å². The summed E-state index contributed by atoms with van der Waals surface area (Å²) in [5.74, 6) is 4.12. The van der Waals surface area contributed by atoms with Crippen LogP contribution < -0.4 is 47.4 Å². The molecule has 0 atom stereocenters. The Hall–Kier alpha value is -4.08. The van der Waals surface area contributed by atoms with E-state index in [4.69, 9.17) is 47.4 Å². The van der Waals surface area contributed by atoms with Crippen LogP contribution in [0.4, 0.5) is 0 Å². The molecule has 2 aromatic rings. The number of rotatable bonds is 24. The predicted molar refractivity (Wildman–Crippen MR) is 195 cm³/mol. The molecule has 2 aromatic carbocycles. The molecular formula is C39H60O10. The highest BCUT2D eigenvalue weighted by atomic mass is 16.6. The average molecular weight is 689 g/mol. The lowest BCUT2D eigenvalue weighted by atomic mass is 9.75. The first kappa shape index (κ1) is 41.1. The van der Waals surface area contributed by atoms with Crippen LogP contribution in [0.5, 0.6) is 57.5 Å². The van der Waals surface area contributed by atoms with Crippen molar-refractivity contribution in [2.45, 2.75) is 88.5 Å². The molecule has 0 fully saturated rings. The largest absolute Gasteiger partial charge is 0.489 e. The molecule has 10 heteroatoms. The second kappa shape index (κ2) is 19.8. The van der Waals surface area contributed by atoms with Crippen molar-refractivity contribution < 1.29 is 47.4 Å². The quantitative estimate of drug-likeness (QED) is 0.0995. The van der Waals surface area contributed by atoms with Crippen molar-refractivity contribution in [1.29, 1.82) is 0 Å². The zero-order valence-electron chi connectivity index (χ0n) is 32.1. The molecule has 0 aliphatic rings. The first-order valence-electron chi connectivity index (χ1n) is 17.5. The summed E-state index contributed by atoms with van der Waals surface area (Å²) in [6, 6.07) is 0. The molecule has 49 heavy (non-hydrogen) atoms. The molecule has 0 aliphatic carbocycles. The average Bonchev–Trinajstić information content (AvgIpc) is 3.04. The fourth-order valence-electron chi connectivity index (χ4n) is 5.42. The highest BCUT2D eigenvalue weighted by molar-refractivity contribution is 5.78. The molecule has 2 rings (SSSR count). The Bertz CT molecular complexity index is 1220. The van der Waals surface area contributed by atoms with Crippen LogP contribution in [0.2, 0.25) is 0 Å². The van der Waals surface area contributed by atoms with Gasteiger partial charge < -0.3 is 47.4 Å². The number of benzene rings is 2. The molecule has 0 saturated carbocycles. The van der Waals surface area contributed by atoms with Crippen LogP contribution in [-0.4, -0.2) is 66.1 Å². The van der Waals surface area contributed by atoms with Crippen molar-refractivity contribution in [3.63, 3.8) is 0 Å². The molecule has 0 unspecified atom stereocenters. The highest BCUT2D eigenvalue weighted by Gasteiger charge is 2.45. The van der Waals surface area contributed by atoms with Crippen LogP contribution in [0.15, 0.2) is 24.3 Å². The Morgan fingerprint density at radius 3 is 0.735 bits per heavy atom. The van der Waals surface area contributed by atoms with E-state index in [0.717, 1.165) is 11.1 Å². The van der Waals surface area contributed by atoms with Gasteiger partial charge in [0.1, 0.15) is 13.2 Å². The first-order valence-corrected chi connectivity index (χ1v) is 17.5. The van der Waals surface area contributed by atoms with Crippen molar-refractivity contribution in [3.05, 3.63) is 35.4 Å². The maximum absolute atomic E-state index is 6.50. The Kier molecular flexibility index (Phi) is 16.6. The highest BCUT2D eigenvalue weighted by Crippen LogP contribution is 2.63. The SMILES string of the molecule is C=C(C)COc1c(OCC)c(OCC)c(C(C)(C)c2c(OCC)c(OCC)c(OCC(=C)C)c(OCC)c2OCC)c(OCC)c1OCC. The van der Waals surface area contributed by atoms with Gasteiger partial charge in [-0.2, -0.15) is 0 Å². The summed E-state index contributed by atoms with van der Waals surface area (Å²) < 4.78 is 64.1. The molecule has 0 N–H and O–H groups in total. The van der Waals surface area contributed by atoms with Gasteiger partial charge >= 0.3 is 0 Å². The van der Waals surface area contributed by atoms with Gasteiger partial charge in [-0.3, -0.25) is 0 Å². The van der Waals surface area contributed by atoms with Crippen molar-refractivity contribution in [3.8, 4) is 57.5 Å². The minimum atomic E-state index is -1.00. The molecule has 0 saturated heterocycles. The Labute approximate surface area is 294 Å². The van der Waals surface area contributed by atoms with Gasteiger partial charge in [-0.15, -0.1) is 0 Å². The topological polar surface area (TPSA) is 92.3 Å². The summed E-state index contributed by atoms with van der Waals surface area (Å²) in [6.45, 7) is 34.5. The maximum Gasteiger partial charge on any atom is 0.211 e. The normalized spacial score (nSPS) is 11.0. The van der Waals surface area contributed by atoms with Gasteiger partial charge in [0, 0.05) is 5.41 Å². The van der Waals surface area contributed by atoms with Crippen LogP contribution >= 0.6 is 0 Å². The van der Waals surface area contributed by atoms with E-state index in [2.05, 4.69) is 13.2 Å². The summed E-state index contributed by atoms with van der Waals surface area (Å²) in [7, 11) is 0. The minimum absolute atomic E-state index is 0.240. The Morgan fingerprint density at radius 2 is 0.551 bits per heavy atom. The summed E-state index contributed by atoms with van der Waals surface area (Å²) in [4.78, 5) is 0. The molecular weight excluding hydrogens is 628 g/mol. The Balaban J connectivity index is 3.40. The molecule has 0 spiro atoms. The zero-order chi connectivity index (χ0) is 36.7. The van der Waals surface area contributed by atoms with E-state index in [1.807, 2.05) is 83.1 Å². The molecule has 276 valence electrons. The summed E-state index contributed by atoms with van der Waals surface area (Å²) >= 11 is 0. The van der Waals surface area contributed by atoms with E-state index in [1.165, 1.54) is 0 Å². The van der Waals surface area contributed by atoms with E-state index >= 15 is 0 Å². The van der Waals surface area contributed by atoms with Crippen molar-refractivity contribution in [2.24, 2.45) is 0 Å². The minimum Gasteiger partial charge on any atom is -0.489 e. The van der Waals surface area contributed by atoms with Crippen molar-refractivity contribution in [1.82, 2.24) is 0 Å². The number of hydrogen-bond acceptors (Lipinski definition) is 10. The summed E-state index contributed by atoms with van der Waals surface area (Å²) in [6.07, 6.45) is 0. The Morgan fingerprint density at radius 1 is 0.367 bits per heavy atom. The molecule has 10 nitrogen and oxygen atoms in total. The lowest BCUT2D eigenvalue weighted by Gasteiger charge is -2.36. The predicted octanol–water partition coefficient (Wildman–Crippen LogP) is 9.11. The van der Waals surface area contributed by atoms with Crippen molar-refractivity contribution >= 4 is 0 Å². The van der Waals surface area contributed by atoms with Gasteiger partial charge in [0.05, 0.1) is 64.0 Å². The van der Waals surface area contributed by atoms with Crippen LogP contribution in [0.3, 0.4) is 0 Å². The fraction of sp³-hybridized carbons (Fsp3) is 0.590. The summed E-state index contributed by atoms with van der Waals surface area (Å²) in [5.41, 5.74) is 1.95. The van der Waals surface area contributed by atoms with E-state index in [9.17, 15) is 0 Å². The third-order valence-electron chi connectivity index (χ3n) is 7.04. The van der Waals surface area contributed by atoms with Gasteiger partial charge in [-0.1, -0.05) is 27.0 Å². The first-order chi connectivity index (χ1) is 23.4. The van der Waals surface area contributed by atoms with E-state index in [0.29, 0.717) is 121 Å². The fourth-order valence-corrected chi connectivity index (χ4v) is 5.42. The van der Waals surface area contributed by atoms with Gasteiger partial charge in [0.2, 0.25) is 34.5 Å². The van der Waals surface area contributed by atoms with Gasteiger partial charge in [0.25, 0.3) is 0 Å². The van der Waals surface area contributed by atoms with Crippen LogP contribution in [0.25, 0.3) is 0 Å². The lowest BCUT2D eigenvalue weighted by Crippen LogP contribution is -2.26. The molecule has 0 heterocycles. The maximum atomic E-state index is 6.50. The third kappa shape index (κ3) is 9.55. The molecule has 0 amide bonds. The smallest absolute Gasteiger partial charge is 0.211 e. The second-order valence-electron chi connectivity index (χ2n) is 11.6. The number of ether oxygens (including phenoxy) is 10. The van der Waals surface area contributed by atoms with E-state index in [-0.39, 0.29) is 13.2 Å². The zero-order valence-corrected chi connectivity index (χ0v) is 32.1. The molecule has 0 bridgehead atoms. The van der Waals surface area contributed by atoms with Crippen molar-refractivity contribution in [2.75, 3.05) is 66.1 Å². The van der Waals surface area contributed by atoms with E-state index < -0.39 is 5.41 Å². The second-order valence-corrected chi connectivity index (χ2v) is 11.6. The molecule has 0 aromatic heterocycles. The van der Waals surface area contributed by atoms with Crippen LogP contribution in [-0.2, 0) is 5.41 Å². The number of hydrogen-bond donors (Lipinski definition) is 0. The van der Waals surface area contributed by atoms with Gasteiger partial charge in [-0.05, 0) is 80.4 Å². The standard InChI is InChI=1S/C39H60O10/c1-15-40-29-27(30(41-16-2)34(45-20-6)37(33(29)44-19-5)48-23-25(9)10)39(13,14)28-31(42-17-3)35(46-21-7)38(49-24-26(11)12)36(47-22-8)32(28)43-18-4/h9,11,15-24H2,1-8,10,12-14H3. The molecule has 0 radical (unpaired) electrons.